The van der Waals surface area contributed by atoms with Gasteiger partial charge >= 0.3 is 83.6 Å². The predicted molar refractivity (Wildman–Crippen MR) is 476 cm³/mol. The van der Waals surface area contributed by atoms with Crippen molar-refractivity contribution in [3.63, 3.8) is 0 Å². The van der Waals surface area contributed by atoms with Crippen molar-refractivity contribution in [2.24, 2.45) is 10.8 Å². The number of esters is 14. The Kier molecular flexibility index (Phi) is 50.7. The maximum atomic E-state index is 14.8. The second-order valence-corrected chi connectivity index (χ2v) is 34.7. The van der Waals surface area contributed by atoms with Gasteiger partial charge in [0.15, 0.2) is 86.2 Å². The molecular weight excluding hydrogens is 1990 g/mol. The lowest BCUT2D eigenvalue weighted by Gasteiger charge is -2.49. The summed E-state index contributed by atoms with van der Waals surface area (Å²) in [6.07, 6.45) is -39.8. The molecule has 0 aromatic carbocycles. The summed E-state index contributed by atoms with van der Waals surface area (Å²) in [5, 5.41) is 25.9. The van der Waals surface area contributed by atoms with Crippen LogP contribution in [0.1, 0.15) is 144 Å². The van der Waals surface area contributed by atoms with E-state index in [1.807, 2.05) is 0 Å². The molecule has 0 radical (unpaired) electrons. The van der Waals surface area contributed by atoms with Crippen LogP contribution in [-0.4, -0.2) is 383 Å². The SMILES string of the molecule is CC(=O)NC1[C@H](N=[N+]=[N-])OC(COC(C)=O)[C@H](OCC(=O)NCCCC[C@H](NC(=O)[C@H](CSCC(=O)N[C@@H]2OC(COC(C)=O)[C@H](O[C@@H]3OC(COC(C)=O)[C@H](OC(C)=O)[C@H](OC(C)=O)C3OC(C)=O)[C@H](OC(C)=O)C2NC(C)=O)NC(C)=O)C(=O)N[C@@H](CSCC(=O)N[C@@H]2OC(COC(C)=O)[C@H](O[C@@H]3OC(COC(C)=O)[C@H](OC(C)=O)[C@H](OC(C)=O)C3OC(C)=O)[C@H](OC(C)=O)C2NC(C)=O)C(N)=O)[C@@H]1OC(C)=O. The van der Waals surface area contributed by atoms with Crippen LogP contribution in [-0.2, 0) is 219 Å². The van der Waals surface area contributed by atoms with Gasteiger partial charge in [0.2, 0.25) is 59.1 Å². The van der Waals surface area contributed by atoms with E-state index in [1.165, 1.54) is 0 Å². The molecule has 5 rings (SSSR count). The Bertz CT molecular complexity index is 4700. The van der Waals surface area contributed by atoms with E-state index in [2.05, 4.69) is 57.9 Å². The van der Waals surface area contributed by atoms with Crippen LogP contribution in [0.25, 0.3) is 10.4 Å². The third-order valence-electron chi connectivity index (χ3n) is 20.3. The topological polar surface area (TPSA) is 796 Å². The van der Waals surface area contributed by atoms with E-state index in [1.54, 1.807) is 0 Å². The average molecular weight is 2110 g/mol. The number of unbranched alkanes of at least 4 members (excludes halogenated alkanes) is 1. The number of nitrogens with zero attached hydrogens (tertiary/aromatic N) is 3. The third kappa shape index (κ3) is 41.9. The molecule has 61 heteroatoms. The van der Waals surface area contributed by atoms with Crippen molar-refractivity contribution in [1.29, 1.82) is 0 Å². The number of primary amides is 1. The summed E-state index contributed by atoms with van der Waals surface area (Å²) in [6.45, 7) is 12.6. The van der Waals surface area contributed by atoms with Crippen LogP contribution in [0.4, 0.5) is 0 Å². The van der Waals surface area contributed by atoms with E-state index in [-0.39, 0.29) is 19.4 Å². The van der Waals surface area contributed by atoms with Crippen LogP contribution in [0.3, 0.4) is 0 Å². The maximum absolute atomic E-state index is 14.8. The lowest BCUT2D eigenvalue weighted by Crippen LogP contribution is -2.71. The summed E-state index contributed by atoms with van der Waals surface area (Å²) >= 11 is 1.25. The third-order valence-corrected chi connectivity index (χ3v) is 22.4. The Balaban J connectivity index is 1.48. The summed E-state index contributed by atoms with van der Waals surface area (Å²) in [6, 6.07) is -10.2. The van der Waals surface area contributed by atoms with Crippen molar-refractivity contribution in [3.05, 3.63) is 10.4 Å². The first-order valence-electron chi connectivity index (χ1n) is 44.5. The molecule has 5 fully saturated rings. The monoisotopic (exact) mass is 2110 g/mol. The van der Waals surface area contributed by atoms with E-state index in [4.69, 9.17) is 110 Å². The number of carbonyl (C=O) groups is 24. The van der Waals surface area contributed by atoms with Gasteiger partial charge in [0.05, 0.1) is 11.5 Å². The lowest BCUT2D eigenvalue weighted by atomic mass is 9.94. The van der Waals surface area contributed by atoms with Gasteiger partial charge in [-0.2, -0.15) is 0 Å². The highest BCUT2D eigenvalue weighted by molar-refractivity contribution is 8.00. The van der Waals surface area contributed by atoms with Crippen molar-refractivity contribution >= 4 is 166 Å². The number of azide groups is 1. The van der Waals surface area contributed by atoms with Gasteiger partial charge in [-0.3, -0.25) is 115 Å². The molecule has 10 amide bonds. The molecule has 10 unspecified atom stereocenters. The minimum absolute atomic E-state index is 0.0722. The van der Waals surface area contributed by atoms with E-state index in [0.717, 1.165) is 125 Å². The van der Waals surface area contributed by atoms with Gasteiger partial charge in [-0.25, -0.2) is 0 Å². The lowest BCUT2D eigenvalue weighted by molar-refractivity contribution is -0.339. The Morgan fingerprint density at radius 3 is 0.993 bits per heavy atom. The fourth-order valence-electron chi connectivity index (χ4n) is 15.1. The quantitative estimate of drug-likeness (QED) is 0.00676. The second-order valence-electron chi connectivity index (χ2n) is 32.7. The highest BCUT2D eigenvalue weighted by Gasteiger charge is 2.61. The fraction of sp³-hybridized carbons (Fsp3) is 0.714. The summed E-state index contributed by atoms with van der Waals surface area (Å²) in [5.41, 5.74) is 15.3. The molecule has 28 atom stereocenters. The number of nitrogens with one attached hydrogen (secondary N) is 9. The Hall–Kier alpha value is -13.0. The van der Waals surface area contributed by atoms with Crippen LogP contribution in [0.5, 0.6) is 0 Å². The van der Waals surface area contributed by atoms with Gasteiger partial charge in [0.1, 0.15) is 125 Å². The van der Waals surface area contributed by atoms with Crippen LogP contribution in [0.15, 0.2) is 5.11 Å². The molecule has 59 nitrogen and oxygen atoms in total. The summed E-state index contributed by atoms with van der Waals surface area (Å²) in [5.74, 6) is -26.3. The number of rotatable bonds is 51. The summed E-state index contributed by atoms with van der Waals surface area (Å²) in [4.78, 5) is 317. The zero-order valence-corrected chi connectivity index (χ0v) is 83.7. The number of amides is 10. The maximum Gasteiger partial charge on any atom is 0.303 e. The molecule has 5 aliphatic rings. The average Bonchev–Trinajstić information content (AvgIpc) is 0.759. The molecule has 0 aromatic rings. The number of hydrogen-bond acceptors (Lipinski definition) is 49. The fourth-order valence-corrected chi connectivity index (χ4v) is 16.8. The molecular formula is C84H121N13O46S2. The van der Waals surface area contributed by atoms with Gasteiger partial charge in [-0.1, -0.05) is 5.11 Å². The van der Waals surface area contributed by atoms with Gasteiger partial charge < -0.3 is 158 Å². The van der Waals surface area contributed by atoms with E-state index in [9.17, 15) is 121 Å². The molecule has 11 N–H and O–H groups in total. The summed E-state index contributed by atoms with van der Waals surface area (Å²) in [7, 11) is 0. The van der Waals surface area contributed by atoms with E-state index >= 15 is 0 Å². The number of thioether (sulfide) groups is 2. The van der Waals surface area contributed by atoms with Crippen LogP contribution < -0.4 is 53.6 Å². The number of ether oxygens (including phenoxy) is 22. The summed E-state index contributed by atoms with van der Waals surface area (Å²) < 4.78 is 126. The normalized spacial score (nSPS) is 27.2. The van der Waals surface area contributed by atoms with Gasteiger partial charge in [-0.05, 0) is 24.8 Å². The van der Waals surface area contributed by atoms with Gasteiger partial charge in [0.25, 0.3) is 0 Å². The van der Waals surface area contributed by atoms with E-state index in [0.29, 0.717) is 23.5 Å². The molecule has 0 saturated carbocycles. The van der Waals surface area contributed by atoms with Crippen LogP contribution in [0, 0.1) is 0 Å². The standard InChI is InChI=1S/C84H121N13O46S2/c1-33(98)88-53(30-145-32-61(118)95-81-63(90-35(3)100)72(132-46(14)111)67(56(138-81)25-124-39(7)104)143-84-76(136-50(18)115)74(134-48(16)113)69(129-43(11)108)58(141-84)27-126-41(9)106)79(121)92-51(21-19-20-22-87-59(116)28-127-65-54(23-122-37(5)102)139-82(96-97-86)64(91-36(4)101)70(65)130-44(12)109)78(120)93-52(77(85)119)29-144-31-60(117)94-80-62(89-34(2)99)71(131-45(13)110)66(55(137-80)24-123-38(6)103)142-83-75(135-49(17)114)73(133-47(15)112)68(128-42(10)107)57(140-83)26-125-40(8)105/h51-58,62-76,80-84H,19-32H2,1-18H3,(H2,85,119)(H,87,116)(H,88,98)(H,89,99)(H,90,100)(H,91,101)(H,92,121)(H,93,120)(H,94,117)(H,95,118)/t51-,52-,53-,54?,55?,56?,57?,58?,62?,63?,64?,65-,66-,67-,68-,69-,70+,71+,72+,73-,74-,75?,76?,80+,81+,82+,83-,84-/m0/s1. The first kappa shape index (κ1) is 122. The number of carbonyl (C=O) groups excluding carboxylic acids is 24. The highest BCUT2D eigenvalue weighted by atomic mass is 32.2. The largest absolute Gasteiger partial charge is 0.463 e. The first-order valence-corrected chi connectivity index (χ1v) is 46.8. The molecule has 0 bridgehead atoms. The molecule has 0 aromatic heterocycles. The van der Waals surface area contributed by atoms with Gasteiger partial charge in [-0.15, -0.1) is 23.5 Å². The van der Waals surface area contributed by atoms with Gasteiger partial charge in [0, 0.05) is 148 Å². The molecule has 145 heavy (non-hydrogen) atoms. The zero-order chi connectivity index (χ0) is 109. The molecule has 5 saturated heterocycles. The highest BCUT2D eigenvalue weighted by Crippen LogP contribution is 2.38. The van der Waals surface area contributed by atoms with Crippen molar-refractivity contribution in [1.82, 2.24) is 47.9 Å². The second kappa shape index (κ2) is 60.0. The first-order chi connectivity index (χ1) is 68.1. The minimum atomic E-state index is -2.05. The Morgan fingerprint density at radius 2 is 0.648 bits per heavy atom. The number of hydrogen-bond donors (Lipinski definition) is 10. The van der Waals surface area contributed by atoms with Crippen LogP contribution >= 0.6 is 23.5 Å². The molecule has 0 aliphatic carbocycles. The predicted octanol–water partition coefficient (Wildman–Crippen LogP) is -6.26. The zero-order valence-electron chi connectivity index (χ0n) is 82.1. The van der Waals surface area contributed by atoms with Crippen molar-refractivity contribution in [2.45, 2.75) is 315 Å². The Labute approximate surface area is 835 Å². The van der Waals surface area contributed by atoms with Crippen molar-refractivity contribution in [2.75, 3.05) is 69.2 Å². The number of nitrogens with two attached hydrogens (primary N) is 1. The molecule has 810 valence electrons. The Morgan fingerprint density at radius 1 is 0.331 bits per heavy atom. The smallest absolute Gasteiger partial charge is 0.303 e. The van der Waals surface area contributed by atoms with Crippen molar-refractivity contribution in [3.8, 4) is 0 Å². The molecule has 0 spiro atoms. The minimum Gasteiger partial charge on any atom is -0.463 e. The van der Waals surface area contributed by atoms with E-state index < -0.39 is 383 Å². The van der Waals surface area contributed by atoms with Crippen LogP contribution in [0.2, 0.25) is 0 Å². The molecule has 5 aliphatic heterocycles. The molecule has 5 heterocycles. The van der Waals surface area contributed by atoms with Crippen molar-refractivity contribution < 1.29 is 219 Å².